The van der Waals surface area contributed by atoms with Crippen molar-refractivity contribution in [2.45, 2.75) is 20.5 Å². The van der Waals surface area contributed by atoms with Crippen LogP contribution in [-0.2, 0) is 6.61 Å². The number of carbonyl (C=O) groups is 1. The van der Waals surface area contributed by atoms with Gasteiger partial charge in [-0.15, -0.1) is 0 Å². The van der Waals surface area contributed by atoms with Gasteiger partial charge in [-0.05, 0) is 38.1 Å². The highest BCUT2D eigenvalue weighted by Gasteiger charge is 2.10. The Morgan fingerprint density at radius 3 is 2.65 bits per heavy atom. The molecular weight excluding hydrogens is 323 g/mol. The van der Waals surface area contributed by atoms with Crippen LogP contribution < -0.4 is 4.74 Å². The first-order valence-corrected chi connectivity index (χ1v) is 6.95. The van der Waals surface area contributed by atoms with Gasteiger partial charge in [0, 0.05) is 10.0 Å². The largest absolute Gasteiger partial charge is 0.488 e. The first-order valence-electron chi connectivity index (χ1n) is 6.15. The van der Waals surface area contributed by atoms with Crippen molar-refractivity contribution in [2.24, 2.45) is 0 Å². The first-order chi connectivity index (χ1) is 9.47. The Morgan fingerprint density at radius 2 is 2.00 bits per heavy atom. The summed E-state index contributed by atoms with van der Waals surface area (Å²) in [5.74, 6) is 0.196. The van der Waals surface area contributed by atoms with E-state index in [1.807, 2.05) is 13.0 Å². The summed E-state index contributed by atoms with van der Waals surface area (Å²) in [6.45, 7) is 3.70. The molecule has 0 aromatic heterocycles. The van der Waals surface area contributed by atoms with Crippen molar-refractivity contribution < 1.29 is 13.9 Å². The van der Waals surface area contributed by atoms with Gasteiger partial charge in [-0.2, -0.15) is 0 Å². The zero-order valence-electron chi connectivity index (χ0n) is 11.2. The Labute approximate surface area is 125 Å². The van der Waals surface area contributed by atoms with Crippen molar-refractivity contribution in [3.63, 3.8) is 0 Å². The second kappa shape index (κ2) is 6.18. The number of halogens is 2. The summed E-state index contributed by atoms with van der Waals surface area (Å²) < 4.78 is 19.3. The van der Waals surface area contributed by atoms with Gasteiger partial charge in [0.25, 0.3) is 0 Å². The number of carbonyl (C=O) groups excluding carboxylic acids is 1. The molecule has 2 rings (SSSR count). The fraction of sp³-hybridized carbons (Fsp3) is 0.188. The van der Waals surface area contributed by atoms with Crippen molar-refractivity contribution in [2.75, 3.05) is 0 Å². The standard InChI is InChI=1S/C16H14BrFO2/c1-10-3-6-16(14(7-10)11(2)19)20-9-12-4-5-13(18)8-15(12)17/h3-8H,9H2,1-2H3. The van der Waals surface area contributed by atoms with Crippen LogP contribution in [0.1, 0.15) is 28.4 Å². The molecule has 0 unspecified atom stereocenters. The van der Waals surface area contributed by atoms with Crippen LogP contribution in [0.4, 0.5) is 4.39 Å². The third-order valence-corrected chi connectivity index (χ3v) is 3.65. The van der Waals surface area contributed by atoms with Crippen molar-refractivity contribution in [1.29, 1.82) is 0 Å². The molecule has 4 heteroatoms. The second-order valence-electron chi connectivity index (χ2n) is 4.58. The smallest absolute Gasteiger partial charge is 0.163 e. The molecule has 0 bridgehead atoms. The zero-order valence-corrected chi connectivity index (χ0v) is 12.8. The summed E-state index contributed by atoms with van der Waals surface area (Å²) in [5.41, 5.74) is 2.38. The molecule has 0 radical (unpaired) electrons. The molecule has 0 N–H and O–H groups in total. The summed E-state index contributed by atoms with van der Waals surface area (Å²) in [4.78, 5) is 11.6. The zero-order chi connectivity index (χ0) is 14.7. The Balaban J connectivity index is 2.20. The third kappa shape index (κ3) is 3.45. The van der Waals surface area contributed by atoms with Gasteiger partial charge in [-0.3, -0.25) is 4.79 Å². The van der Waals surface area contributed by atoms with Crippen molar-refractivity contribution in [3.8, 4) is 5.75 Å². The van der Waals surface area contributed by atoms with Gasteiger partial charge in [0.2, 0.25) is 0 Å². The molecule has 0 atom stereocenters. The number of Topliss-reactive ketones (excluding diaryl/α,β-unsaturated/α-hetero) is 1. The topological polar surface area (TPSA) is 26.3 Å². The van der Waals surface area contributed by atoms with Gasteiger partial charge in [-0.1, -0.05) is 33.6 Å². The molecule has 0 aliphatic carbocycles. The average molecular weight is 337 g/mol. The molecule has 0 saturated heterocycles. The van der Waals surface area contributed by atoms with E-state index in [2.05, 4.69) is 15.9 Å². The highest BCUT2D eigenvalue weighted by Crippen LogP contribution is 2.24. The Bertz CT molecular complexity index is 653. The molecule has 0 aliphatic heterocycles. The van der Waals surface area contributed by atoms with Crippen LogP contribution in [-0.4, -0.2) is 5.78 Å². The van der Waals surface area contributed by atoms with Crippen molar-refractivity contribution >= 4 is 21.7 Å². The minimum atomic E-state index is -0.305. The summed E-state index contributed by atoms with van der Waals surface area (Å²) in [6.07, 6.45) is 0. The second-order valence-corrected chi connectivity index (χ2v) is 5.43. The molecule has 0 heterocycles. The summed E-state index contributed by atoms with van der Waals surface area (Å²) in [7, 11) is 0. The number of rotatable bonds is 4. The van der Waals surface area contributed by atoms with Crippen LogP contribution in [0.2, 0.25) is 0 Å². The van der Waals surface area contributed by atoms with Crippen LogP contribution in [0, 0.1) is 12.7 Å². The first kappa shape index (κ1) is 14.7. The molecule has 0 amide bonds. The lowest BCUT2D eigenvalue weighted by atomic mass is 10.1. The van der Waals surface area contributed by atoms with Gasteiger partial charge >= 0.3 is 0 Å². The molecule has 0 saturated carbocycles. The summed E-state index contributed by atoms with van der Waals surface area (Å²) >= 11 is 3.29. The van der Waals surface area contributed by atoms with E-state index < -0.39 is 0 Å². The monoisotopic (exact) mass is 336 g/mol. The van der Waals surface area contributed by atoms with Gasteiger partial charge in [0.1, 0.15) is 18.2 Å². The molecule has 2 aromatic carbocycles. The predicted molar refractivity (Wildman–Crippen MR) is 79.6 cm³/mol. The lowest BCUT2D eigenvalue weighted by Gasteiger charge is -2.11. The maximum absolute atomic E-state index is 13.0. The Kier molecular flexibility index (Phi) is 4.55. The summed E-state index contributed by atoms with van der Waals surface area (Å²) in [5, 5.41) is 0. The molecule has 20 heavy (non-hydrogen) atoms. The van der Waals surface area contributed by atoms with Crippen molar-refractivity contribution in [3.05, 3.63) is 63.4 Å². The number of hydrogen-bond donors (Lipinski definition) is 0. The normalized spacial score (nSPS) is 10.4. The van der Waals surface area contributed by atoms with Crippen LogP contribution in [0.5, 0.6) is 5.75 Å². The maximum atomic E-state index is 13.0. The van der Waals surface area contributed by atoms with Crippen LogP contribution in [0.25, 0.3) is 0 Å². The number of aryl methyl sites for hydroxylation is 1. The minimum absolute atomic E-state index is 0.0399. The molecule has 2 aromatic rings. The molecule has 0 spiro atoms. The Morgan fingerprint density at radius 1 is 1.25 bits per heavy atom. The molecule has 0 fully saturated rings. The molecule has 104 valence electrons. The lowest BCUT2D eigenvalue weighted by molar-refractivity contribution is 0.101. The van der Waals surface area contributed by atoms with E-state index in [0.717, 1.165) is 11.1 Å². The average Bonchev–Trinajstić information content (AvgIpc) is 2.38. The fourth-order valence-corrected chi connectivity index (χ4v) is 2.30. The number of ether oxygens (including phenoxy) is 1. The number of hydrogen-bond acceptors (Lipinski definition) is 2. The van der Waals surface area contributed by atoms with E-state index in [9.17, 15) is 9.18 Å². The highest BCUT2D eigenvalue weighted by molar-refractivity contribution is 9.10. The van der Waals surface area contributed by atoms with Gasteiger partial charge in [-0.25, -0.2) is 4.39 Å². The van der Waals surface area contributed by atoms with Crippen LogP contribution in [0.3, 0.4) is 0 Å². The SMILES string of the molecule is CC(=O)c1cc(C)ccc1OCc1ccc(F)cc1Br. The van der Waals surface area contributed by atoms with E-state index in [1.54, 1.807) is 18.2 Å². The fourth-order valence-electron chi connectivity index (χ4n) is 1.84. The molecular formula is C16H14BrFO2. The van der Waals surface area contributed by atoms with E-state index in [0.29, 0.717) is 15.8 Å². The van der Waals surface area contributed by atoms with E-state index in [4.69, 9.17) is 4.74 Å². The molecule has 2 nitrogen and oxygen atoms in total. The predicted octanol–water partition coefficient (Wildman–Crippen LogP) is 4.68. The molecule has 0 aliphatic rings. The number of benzene rings is 2. The van der Waals surface area contributed by atoms with E-state index in [1.165, 1.54) is 19.1 Å². The van der Waals surface area contributed by atoms with Crippen LogP contribution in [0.15, 0.2) is 40.9 Å². The van der Waals surface area contributed by atoms with E-state index >= 15 is 0 Å². The van der Waals surface area contributed by atoms with Gasteiger partial charge in [0.15, 0.2) is 5.78 Å². The number of ketones is 1. The van der Waals surface area contributed by atoms with Gasteiger partial charge < -0.3 is 4.74 Å². The Hall–Kier alpha value is -1.68. The maximum Gasteiger partial charge on any atom is 0.163 e. The quantitative estimate of drug-likeness (QED) is 0.758. The summed E-state index contributed by atoms with van der Waals surface area (Å²) in [6, 6.07) is 9.90. The van der Waals surface area contributed by atoms with E-state index in [-0.39, 0.29) is 18.2 Å². The minimum Gasteiger partial charge on any atom is -0.488 e. The highest BCUT2D eigenvalue weighted by atomic mass is 79.9. The third-order valence-electron chi connectivity index (χ3n) is 2.91. The van der Waals surface area contributed by atoms with Crippen LogP contribution >= 0.6 is 15.9 Å². The lowest BCUT2D eigenvalue weighted by Crippen LogP contribution is -2.02. The van der Waals surface area contributed by atoms with Gasteiger partial charge in [0.05, 0.1) is 5.56 Å². The van der Waals surface area contributed by atoms with Crippen molar-refractivity contribution in [1.82, 2.24) is 0 Å².